The standard InChI is InChI=1S/C18H23ClN4O/c1-3-15-16(4-2)21-22-17(20-15)23-11-9-18(24,10-12-23)13-7-5-6-8-14(13)19/h5-8,24H,3-4,9-12H2,1-2H3. The van der Waals surface area contributed by atoms with Crippen LogP contribution in [0.2, 0.25) is 5.02 Å². The summed E-state index contributed by atoms with van der Waals surface area (Å²) in [5.74, 6) is 0.658. The lowest BCUT2D eigenvalue weighted by Crippen LogP contribution is -2.43. The molecule has 1 aromatic heterocycles. The molecule has 1 aliphatic heterocycles. The lowest BCUT2D eigenvalue weighted by atomic mass is 9.84. The number of aromatic nitrogens is 3. The van der Waals surface area contributed by atoms with E-state index in [1.165, 1.54) is 0 Å². The van der Waals surface area contributed by atoms with E-state index in [4.69, 9.17) is 11.6 Å². The number of benzene rings is 1. The lowest BCUT2D eigenvalue weighted by Gasteiger charge is -2.38. The first kappa shape index (κ1) is 17.1. The molecule has 1 fully saturated rings. The molecule has 0 radical (unpaired) electrons. The summed E-state index contributed by atoms with van der Waals surface area (Å²) < 4.78 is 0. The second kappa shape index (κ2) is 7.03. The summed E-state index contributed by atoms with van der Waals surface area (Å²) in [5, 5.41) is 20.2. The van der Waals surface area contributed by atoms with E-state index in [-0.39, 0.29) is 0 Å². The van der Waals surface area contributed by atoms with E-state index >= 15 is 0 Å². The van der Waals surface area contributed by atoms with Gasteiger partial charge in [-0.25, -0.2) is 4.98 Å². The van der Waals surface area contributed by atoms with E-state index in [1.807, 2.05) is 24.3 Å². The molecule has 0 spiro atoms. The maximum Gasteiger partial charge on any atom is 0.245 e. The molecule has 24 heavy (non-hydrogen) atoms. The van der Waals surface area contributed by atoms with Crippen molar-refractivity contribution in [1.29, 1.82) is 0 Å². The molecule has 2 heterocycles. The Kier molecular flexibility index (Phi) is 5.01. The van der Waals surface area contributed by atoms with Crippen molar-refractivity contribution in [2.45, 2.75) is 45.1 Å². The number of anilines is 1. The molecule has 3 rings (SSSR count). The van der Waals surface area contributed by atoms with Crippen LogP contribution >= 0.6 is 11.6 Å². The Morgan fingerprint density at radius 3 is 2.38 bits per heavy atom. The molecular formula is C18H23ClN4O. The summed E-state index contributed by atoms with van der Waals surface area (Å²) in [5.41, 5.74) is 1.89. The van der Waals surface area contributed by atoms with Crippen molar-refractivity contribution in [3.05, 3.63) is 46.2 Å². The van der Waals surface area contributed by atoms with Crippen molar-refractivity contribution >= 4 is 17.5 Å². The Labute approximate surface area is 147 Å². The first-order chi connectivity index (χ1) is 11.6. The average molecular weight is 347 g/mol. The monoisotopic (exact) mass is 346 g/mol. The third-order valence-electron chi connectivity index (χ3n) is 4.75. The topological polar surface area (TPSA) is 62.1 Å². The number of halogens is 1. The highest BCUT2D eigenvalue weighted by atomic mass is 35.5. The Hall–Kier alpha value is -1.72. The molecule has 0 saturated carbocycles. The fraction of sp³-hybridized carbons (Fsp3) is 0.500. The zero-order chi connectivity index (χ0) is 17.2. The van der Waals surface area contributed by atoms with Crippen LogP contribution in [0.5, 0.6) is 0 Å². The number of aliphatic hydroxyl groups is 1. The summed E-state index contributed by atoms with van der Waals surface area (Å²) in [6.07, 6.45) is 2.88. The summed E-state index contributed by atoms with van der Waals surface area (Å²) in [4.78, 5) is 6.76. The van der Waals surface area contributed by atoms with E-state index in [0.717, 1.165) is 29.8 Å². The molecule has 0 unspecified atom stereocenters. The third kappa shape index (κ3) is 3.23. The molecule has 6 heteroatoms. The van der Waals surface area contributed by atoms with E-state index < -0.39 is 5.60 Å². The second-order valence-electron chi connectivity index (χ2n) is 6.21. The SMILES string of the molecule is CCc1nnc(N2CCC(O)(c3ccccc3Cl)CC2)nc1CC. The fourth-order valence-electron chi connectivity index (χ4n) is 3.25. The molecule has 1 aromatic carbocycles. The average Bonchev–Trinajstić information content (AvgIpc) is 2.62. The Balaban J connectivity index is 1.77. The van der Waals surface area contributed by atoms with Gasteiger partial charge in [0.15, 0.2) is 0 Å². The van der Waals surface area contributed by atoms with Gasteiger partial charge in [-0.1, -0.05) is 43.6 Å². The minimum absolute atomic E-state index is 0.594. The van der Waals surface area contributed by atoms with Gasteiger partial charge in [0.1, 0.15) is 0 Å². The molecule has 0 bridgehead atoms. The molecular weight excluding hydrogens is 324 g/mol. The number of hydrogen-bond acceptors (Lipinski definition) is 5. The van der Waals surface area contributed by atoms with Gasteiger partial charge in [-0.05, 0) is 31.7 Å². The number of hydrogen-bond donors (Lipinski definition) is 1. The minimum atomic E-state index is -0.890. The molecule has 0 atom stereocenters. The molecule has 1 N–H and O–H groups in total. The maximum atomic E-state index is 11.0. The normalized spacial score (nSPS) is 17.1. The van der Waals surface area contributed by atoms with Crippen LogP contribution in [0.4, 0.5) is 5.95 Å². The quantitative estimate of drug-likeness (QED) is 0.921. The van der Waals surface area contributed by atoms with Crippen molar-refractivity contribution in [3.63, 3.8) is 0 Å². The van der Waals surface area contributed by atoms with Gasteiger partial charge in [0, 0.05) is 23.7 Å². The highest BCUT2D eigenvalue weighted by molar-refractivity contribution is 6.31. The molecule has 5 nitrogen and oxygen atoms in total. The van der Waals surface area contributed by atoms with Gasteiger partial charge in [0.05, 0.1) is 17.0 Å². The van der Waals surface area contributed by atoms with Gasteiger partial charge in [-0.2, -0.15) is 5.10 Å². The third-order valence-corrected chi connectivity index (χ3v) is 5.08. The first-order valence-electron chi connectivity index (χ1n) is 8.52. The number of rotatable bonds is 4. The summed E-state index contributed by atoms with van der Waals surface area (Å²) in [7, 11) is 0. The number of piperidine rings is 1. The van der Waals surface area contributed by atoms with Crippen molar-refractivity contribution in [2.24, 2.45) is 0 Å². The predicted molar refractivity (Wildman–Crippen MR) is 95.4 cm³/mol. The highest BCUT2D eigenvalue weighted by Gasteiger charge is 2.36. The van der Waals surface area contributed by atoms with Crippen LogP contribution in [0.1, 0.15) is 43.6 Å². The van der Waals surface area contributed by atoms with E-state index in [2.05, 4.69) is 33.9 Å². The first-order valence-corrected chi connectivity index (χ1v) is 8.90. The molecule has 128 valence electrons. The predicted octanol–water partition coefficient (Wildman–Crippen LogP) is 3.14. The van der Waals surface area contributed by atoms with Gasteiger partial charge >= 0.3 is 0 Å². The van der Waals surface area contributed by atoms with Gasteiger partial charge in [0.2, 0.25) is 5.95 Å². The summed E-state index contributed by atoms with van der Waals surface area (Å²) in [6.45, 7) is 5.50. The number of aryl methyl sites for hydroxylation is 2. The molecule has 2 aromatic rings. The van der Waals surface area contributed by atoms with Gasteiger partial charge in [0.25, 0.3) is 0 Å². The van der Waals surface area contributed by atoms with Crippen LogP contribution in [0.15, 0.2) is 24.3 Å². The van der Waals surface area contributed by atoms with Crippen LogP contribution in [-0.2, 0) is 18.4 Å². The molecule has 1 aliphatic rings. The van der Waals surface area contributed by atoms with Crippen molar-refractivity contribution < 1.29 is 5.11 Å². The Bertz CT molecular complexity index is 714. The van der Waals surface area contributed by atoms with Crippen LogP contribution in [0.25, 0.3) is 0 Å². The van der Waals surface area contributed by atoms with E-state index in [0.29, 0.717) is 36.9 Å². The van der Waals surface area contributed by atoms with Gasteiger partial charge < -0.3 is 10.0 Å². The smallest absolute Gasteiger partial charge is 0.245 e. The molecule has 0 amide bonds. The van der Waals surface area contributed by atoms with E-state index in [1.54, 1.807) is 0 Å². The lowest BCUT2D eigenvalue weighted by molar-refractivity contribution is 0.0116. The van der Waals surface area contributed by atoms with Crippen LogP contribution in [0, 0.1) is 0 Å². The molecule has 0 aliphatic carbocycles. The van der Waals surface area contributed by atoms with Crippen molar-refractivity contribution in [1.82, 2.24) is 15.2 Å². The van der Waals surface area contributed by atoms with Crippen molar-refractivity contribution in [3.8, 4) is 0 Å². The molecule has 1 saturated heterocycles. The van der Waals surface area contributed by atoms with Crippen molar-refractivity contribution in [2.75, 3.05) is 18.0 Å². The highest BCUT2D eigenvalue weighted by Crippen LogP contribution is 2.37. The zero-order valence-corrected chi connectivity index (χ0v) is 14.9. The van der Waals surface area contributed by atoms with Crippen LogP contribution in [0.3, 0.4) is 0 Å². The summed E-state index contributed by atoms with van der Waals surface area (Å²) in [6, 6.07) is 7.52. The second-order valence-corrected chi connectivity index (χ2v) is 6.62. The maximum absolute atomic E-state index is 11.0. The van der Waals surface area contributed by atoms with Crippen LogP contribution in [-0.4, -0.2) is 33.4 Å². The Morgan fingerprint density at radius 2 is 1.75 bits per heavy atom. The largest absolute Gasteiger partial charge is 0.385 e. The van der Waals surface area contributed by atoms with Crippen LogP contribution < -0.4 is 4.90 Å². The zero-order valence-electron chi connectivity index (χ0n) is 14.2. The number of nitrogens with zero attached hydrogens (tertiary/aromatic N) is 4. The van der Waals surface area contributed by atoms with E-state index in [9.17, 15) is 5.11 Å². The summed E-state index contributed by atoms with van der Waals surface area (Å²) >= 11 is 6.27. The van der Waals surface area contributed by atoms with Gasteiger partial charge in [-0.3, -0.25) is 0 Å². The minimum Gasteiger partial charge on any atom is -0.385 e. The Morgan fingerprint density at radius 1 is 1.08 bits per heavy atom. The fourth-order valence-corrected chi connectivity index (χ4v) is 3.56. The van der Waals surface area contributed by atoms with Gasteiger partial charge in [-0.15, -0.1) is 5.10 Å².